The number of nitrogens with one attached hydrogen (secondary N) is 2. The molecule has 1 rings (SSSR count). The Labute approximate surface area is 102 Å². The predicted molar refractivity (Wildman–Crippen MR) is 64.6 cm³/mol. The molecule has 0 saturated heterocycles. The van der Waals surface area contributed by atoms with Crippen LogP contribution in [0.4, 0.5) is 0 Å². The molecule has 17 heavy (non-hydrogen) atoms. The highest BCUT2D eigenvalue weighted by atomic mass is 16.4. The first-order valence-corrected chi connectivity index (χ1v) is 6.08. The highest BCUT2D eigenvalue weighted by molar-refractivity contribution is 5.85. The van der Waals surface area contributed by atoms with Crippen molar-refractivity contribution in [3.8, 4) is 0 Å². The molecule has 5 heteroatoms. The first-order valence-electron chi connectivity index (χ1n) is 6.08. The number of likely N-dealkylation sites (N-methyl/N-ethyl adjacent to an activating group) is 1. The quantitative estimate of drug-likeness (QED) is 0.659. The van der Waals surface area contributed by atoms with Crippen LogP contribution in [-0.4, -0.2) is 36.1 Å². The average Bonchev–Trinajstić information content (AvgIpc) is 2.73. The molecule has 5 nitrogen and oxygen atoms in total. The van der Waals surface area contributed by atoms with Gasteiger partial charge in [-0.1, -0.05) is 6.42 Å². The lowest BCUT2D eigenvalue weighted by Crippen LogP contribution is -2.52. The number of carbonyl (C=O) groups is 2. The van der Waals surface area contributed by atoms with Gasteiger partial charge in [0.2, 0.25) is 5.91 Å². The van der Waals surface area contributed by atoms with Crippen molar-refractivity contribution in [1.29, 1.82) is 0 Å². The summed E-state index contributed by atoms with van der Waals surface area (Å²) in [7, 11) is 1.73. The Bertz CT molecular complexity index is 302. The normalized spacial score (nSPS) is 24.6. The van der Waals surface area contributed by atoms with Crippen LogP contribution in [-0.2, 0) is 9.59 Å². The van der Waals surface area contributed by atoms with Crippen LogP contribution in [0.1, 0.15) is 33.1 Å². The second-order valence-electron chi connectivity index (χ2n) is 5.22. The molecular formula is C12H22N2O3. The van der Waals surface area contributed by atoms with Gasteiger partial charge in [0.25, 0.3) is 0 Å². The fourth-order valence-electron chi connectivity index (χ4n) is 2.16. The Hall–Kier alpha value is -1.10. The molecule has 0 heterocycles. The molecule has 1 saturated carbocycles. The summed E-state index contributed by atoms with van der Waals surface area (Å²) >= 11 is 0. The van der Waals surface area contributed by atoms with E-state index in [0.29, 0.717) is 6.54 Å². The van der Waals surface area contributed by atoms with Crippen LogP contribution in [0, 0.1) is 11.8 Å². The third-order valence-electron chi connectivity index (χ3n) is 3.69. The van der Waals surface area contributed by atoms with E-state index >= 15 is 0 Å². The minimum atomic E-state index is -0.741. The smallest absolute Gasteiger partial charge is 0.306 e. The van der Waals surface area contributed by atoms with Crippen LogP contribution >= 0.6 is 0 Å². The zero-order valence-corrected chi connectivity index (χ0v) is 10.7. The lowest BCUT2D eigenvalue weighted by Gasteiger charge is -2.24. The summed E-state index contributed by atoms with van der Waals surface area (Å²) in [5.74, 6) is -1.05. The number of hydrogen-bond donors (Lipinski definition) is 3. The fourth-order valence-corrected chi connectivity index (χ4v) is 2.16. The Morgan fingerprint density at radius 2 is 2.00 bits per heavy atom. The number of amides is 1. The second kappa shape index (κ2) is 5.49. The van der Waals surface area contributed by atoms with Gasteiger partial charge in [-0.3, -0.25) is 9.59 Å². The molecule has 0 aromatic heterocycles. The zero-order chi connectivity index (χ0) is 13.1. The van der Waals surface area contributed by atoms with E-state index in [1.807, 2.05) is 0 Å². The third-order valence-corrected chi connectivity index (χ3v) is 3.69. The van der Waals surface area contributed by atoms with Gasteiger partial charge in [-0.15, -0.1) is 0 Å². The summed E-state index contributed by atoms with van der Waals surface area (Å²) in [5, 5.41) is 14.8. The standard InChI is InChI=1S/C12H22N2O3/c1-12(2,13-3)11(17)14-7-8-5-4-6-9(8)10(15)16/h8-9,13H,4-7H2,1-3H3,(H,14,17)(H,15,16). The second-order valence-corrected chi connectivity index (χ2v) is 5.22. The van der Waals surface area contributed by atoms with Crippen LogP contribution in [0.25, 0.3) is 0 Å². The topological polar surface area (TPSA) is 78.4 Å². The van der Waals surface area contributed by atoms with Crippen LogP contribution in [0.15, 0.2) is 0 Å². The summed E-state index contributed by atoms with van der Waals surface area (Å²) in [5.41, 5.74) is -0.614. The molecular weight excluding hydrogens is 220 g/mol. The molecule has 1 fully saturated rings. The van der Waals surface area contributed by atoms with Gasteiger partial charge in [0.05, 0.1) is 11.5 Å². The van der Waals surface area contributed by atoms with E-state index in [4.69, 9.17) is 5.11 Å². The van der Waals surface area contributed by atoms with E-state index in [1.165, 1.54) is 0 Å². The molecule has 0 bridgehead atoms. The molecule has 0 radical (unpaired) electrons. The summed E-state index contributed by atoms with van der Waals surface area (Å²) < 4.78 is 0. The number of carboxylic acid groups (broad SMARTS) is 1. The lowest BCUT2D eigenvalue weighted by atomic mass is 9.95. The van der Waals surface area contributed by atoms with Gasteiger partial charge < -0.3 is 15.7 Å². The fraction of sp³-hybridized carbons (Fsp3) is 0.833. The average molecular weight is 242 g/mol. The van der Waals surface area contributed by atoms with E-state index in [1.54, 1.807) is 20.9 Å². The van der Waals surface area contributed by atoms with Crippen molar-refractivity contribution in [2.45, 2.75) is 38.6 Å². The highest BCUT2D eigenvalue weighted by Crippen LogP contribution is 2.31. The molecule has 0 spiro atoms. The Kier molecular flexibility index (Phi) is 4.51. The molecule has 1 amide bonds. The number of rotatable bonds is 5. The number of hydrogen-bond acceptors (Lipinski definition) is 3. The van der Waals surface area contributed by atoms with Crippen molar-refractivity contribution in [2.75, 3.05) is 13.6 Å². The summed E-state index contributed by atoms with van der Waals surface area (Å²) in [6.45, 7) is 4.05. The molecule has 98 valence electrons. The van der Waals surface area contributed by atoms with Gasteiger partial charge in [0.1, 0.15) is 0 Å². The van der Waals surface area contributed by atoms with Crippen molar-refractivity contribution in [2.24, 2.45) is 11.8 Å². The van der Waals surface area contributed by atoms with Gasteiger partial charge in [0.15, 0.2) is 0 Å². The molecule has 0 aromatic carbocycles. The van der Waals surface area contributed by atoms with Crippen molar-refractivity contribution < 1.29 is 14.7 Å². The maximum atomic E-state index is 11.8. The van der Waals surface area contributed by atoms with Crippen molar-refractivity contribution in [1.82, 2.24) is 10.6 Å². The molecule has 2 unspecified atom stereocenters. The molecule has 0 aliphatic heterocycles. The van der Waals surface area contributed by atoms with Gasteiger partial charge in [0, 0.05) is 6.54 Å². The molecule has 1 aliphatic carbocycles. The summed E-state index contributed by atoms with van der Waals surface area (Å²) in [4.78, 5) is 22.8. The molecule has 1 aliphatic rings. The van der Waals surface area contributed by atoms with E-state index in [0.717, 1.165) is 19.3 Å². The summed E-state index contributed by atoms with van der Waals surface area (Å²) in [6, 6.07) is 0. The van der Waals surface area contributed by atoms with Gasteiger partial charge in [-0.25, -0.2) is 0 Å². The molecule has 0 aromatic rings. The van der Waals surface area contributed by atoms with Crippen molar-refractivity contribution >= 4 is 11.9 Å². The maximum absolute atomic E-state index is 11.8. The SMILES string of the molecule is CNC(C)(C)C(=O)NCC1CCCC1C(=O)O. The minimum Gasteiger partial charge on any atom is -0.481 e. The minimum absolute atomic E-state index is 0.0732. The van der Waals surface area contributed by atoms with Crippen LogP contribution in [0.5, 0.6) is 0 Å². The Balaban J connectivity index is 2.46. The van der Waals surface area contributed by atoms with E-state index in [9.17, 15) is 9.59 Å². The van der Waals surface area contributed by atoms with Gasteiger partial charge >= 0.3 is 5.97 Å². The van der Waals surface area contributed by atoms with Crippen molar-refractivity contribution in [3.63, 3.8) is 0 Å². The van der Waals surface area contributed by atoms with Gasteiger partial charge in [-0.05, 0) is 39.7 Å². The van der Waals surface area contributed by atoms with E-state index < -0.39 is 11.5 Å². The number of carboxylic acids is 1. The van der Waals surface area contributed by atoms with E-state index in [-0.39, 0.29) is 17.7 Å². The number of aliphatic carboxylic acids is 1. The van der Waals surface area contributed by atoms with Crippen LogP contribution in [0.3, 0.4) is 0 Å². The van der Waals surface area contributed by atoms with Crippen LogP contribution in [0.2, 0.25) is 0 Å². The van der Waals surface area contributed by atoms with E-state index in [2.05, 4.69) is 10.6 Å². The predicted octanol–water partition coefficient (Wildman–Crippen LogP) is 0.601. The Morgan fingerprint density at radius 1 is 1.35 bits per heavy atom. The monoisotopic (exact) mass is 242 g/mol. The van der Waals surface area contributed by atoms with Crippen molar-refractivity contribution in [3.05, 3.63) is 0 Å². The zero-order valence-electron chi connectivity index (χ0n) is 10.7. The first kappa shape index (κ1) is 14.0. The largest absolute Gasteiger partial charge is 0.481 e. The third kappa shape index (κ3) is 3.43. The highest BCUT2D eigenvalue weighted by Gasteiger charge is 2.34. The van der Waals surface area contributed by atoms with Crippen LogP contribution < -0.4 is 10.6 Å². The number of carbonyl (C=O) groups excluding carboxylic acids is 1. The lowest BCUT2D eigenvalue weighted by molar-refractivity contribution is -0.143. The Morgan fingerprint density at radius 3 is 2.53 bits per heavy atom. The first-order chi connectivity index (χ1) is 7.88. The maximum Gasteiger partial charge on any atom is 0.306 e. The molecule has 3 N–H and O–H groups in total. The summed E-state index contributed by atoms with van der Waals surface area (Å²) in [6.07, 6.45) is 2.55. The molecule has 2 atom stereocenters. The van der Waals surface area contributed by atoms with Gasteiger partial charge in [-0.2, -0.15) is 0 Å².